The van der Waals surface area contributed by atoms with Gasteiger partial charge in [0.05, 0.1) is 23.0 Å². The van der Waals surface area contributed by atoms with Gasteiger partial charge in [0.25, 0.3) is 0 Å². The van der Waals surface area contributed by atoms with Gasteiger partial charge in [0.2, 0.25) is 11.0 Å². The second-order valence-corrected chi connectivity index (χ2v) is 8.50. The average molecular weight is 419 g/mol. The van der Waals surface area contributed by atoms with Crippen molar-refractivity contribution in [2.75, 3.05) is 12.4 Å². The van der Waals surface area contributed by atoms with Crippen LogP contribution in [0.4, 0.5) is 5.82 Å². The number of nitrogens with one attached hydrogen (secondary N) is 1. The lowest BCUT2D eigenvalue weighted by Gasteiger charge is -2.24. The first-order valence-electron chi connectivity index (χ1n) is 10.0. The SMILES string of the molecule is CCc1ccc([C@@H]2CC(=O)Nc3c2c(C)nn3-c2nc3ccc(OC)cc3s2)cc1. The maximum atomic E-state index is 12.6. The van der Waals surface area contributed by atoms with Crippen molar-refractivity contribution in [3.05, 3.63) is 64.8 Å². The van der Waals surface area contributed by atoms with E-state index >= 15 is 0 Å². The maximum Gasteiger partial charge on any atom is 0.226 e. The van der Waals surface area contributed by atoms with Crippen LogP contribution < -0.4 is 10.1 Å². The number of hydrogen-bond donors (Lipinski definition) is 1. The first-order valence-corrected chi connectivity index (χ1v) is 10.8. The molecule has 0 fully saturated rings. The number of aromatic nitrogens is 3. The smallest absolute Gasteiger partial charge is 0.226 e. The van der Waals surface area contributed by atoms with Crippen molar-refractivity contribution in [3.63, 3.8) is 0 Å². The van der Waals surface area contributed by atoms with E-state index in [2.05, 4.69) is 36.5 Å². The van der Waals surface area contributed by atoms with E-state index in [1.54, 1.807) is 11.8 Å². The molecule has 30 heavy (non-hydrogen) atoms. The maximum absolute atomic E-state index is 12.6. The molecule has 0 radical (unpaired) electrons. The zero-order chi connectivity index (χ0) is 20.8. The molecule has 1 aliphatic heterocycles. The highest BCUT2D eigenvalue weighted by atomic mass is 32.1. The first kappa shape index (κ1) is 18.8. The standard InChI is InChI=1S/C23H22N4O2S/c1-4-14-5-7-15(8-6-14)17-12-20(28)25-22-21(17)13(2)26-27(22)23-24-18-10-9-16(29-3)11-19(18)30-23/h5-11,17H,4,12H2,1-3H3,(H,25,28)/t17-/m0/s1. The summed E-state index contributed by atoms with van der Waals surface area (Å²) in [5, 5.41) is 8.53. The van der Waals surface area contributed by atoms with Gasteiger partial charge in [0.1, 0.15) is 11.6 Å². The number of rotatable bonds is 4. The van der Waals surface area contributed by atoms with E-state index in [9.17, 15) is 4.79 Å². The molecule has 3 heterocycles. The molecule has 0 unspecified atom stereocenters. The van der Waals surface area contributed by atoms with Gasteiger partial charge >= 0.3 is 0 Å². The van der Waals surface area contributed by atoms with Crippen molar-refractivity contribution in [3.8, 4) is 10.9 Å². The number of ether oxygens (including phenoxy) is 1. The summed E-state index contributed by atoms with van der Waals surface area (Å²) in [4.78, 5) is 17.3. The van der Waals surface area contributed by atoms with Crippen molar-refractivity contribution in [1.29, 1.82) is 0 Å². The molecule has 0 bridgehead atoms. The fraction of sp³-hybridized carbons (Fsp3) is 0.261. The average Bonchev–Trinajstić information content (AvgIpc) is 3.33. The van der Waals surface area contributed by atoms with Gasteiger partial charge in [-0.1, -0.05) is 42.5 Å². The van der Waals surface area contributed by atoms with Crippen LogP contribution in [0.15, 0.2) is 42.5 Å². The third kappa shape index (κ3) is 3.06. The number of benzene rings is 2. The van der Waals surface area contributed by atoms with Crippen LogP contribution in [0, 0.1) is 6.92 Å². The highest BCUT2D eigenvalue weighted by Crippen LogP contribution is 2.41. The van der Waals surface area contributed by atoms with Gasteiger partial charge in [-0.25, -0.2) is 4.98 Å². The summed E-state index contributed by atoms with van der Waals surface area (Å²) in [5.41, 5.74) is 5.28. The van der Waals surface area contributed by atoms with Crippen LogP contribution >= 0.6 is 11.3 Å². The Hall–Kier alpha value is -3.19. The molecule has 0 saturated carbocycles. The number of anilines is 1. The number of fused-ring (bicyclic) bond motifs is 2. The van der Waals surface area contributed by atoms with Crippen molar-refractivity contribution >= 4 is 33.3 Å². The van der Waals surface area contributed by atoms with E-state index in [0.29, 0.717) is 6.42 Å². The Morgan fingerprint density at radius 1 is 1.23 bits per heavy atom. The van der Waals surface area contributed by atoms with Gasteiger partial charge in [-0.2, -0.15) is 9.78 Å². The molecule has 1 N–H and O–H groups in total. The van der Waals surface area contributed by atoms with Crippen LogP contribution in [0.25, 0.3) is 15.3 Å². The van der Waals surface area contributed by atoms with E-state index in [0.717, 1.165) is 50.2 Å². The van der Waals surface area contributed by atoms with Gasteiger partial charge in [-0.15, -0.1) is 0 Å². The van der Waals surface area contributed by atoms with Gasteiger partial charge in [0, 0.05) is 17.9 Å². The molecule has 0 saturated heterocycles. The normalized spacial score (nSPS) is 15.8. The molecule has 0 aliphatic carbocycles. The zero-order valence-corrected chi connectivity index (χ0v) is 17.9. The van der Waals surface area contributed by atoms with Gasteiger partial charge in [0.15, 0.2) is 0 Å². The molecule has 7 heteroatoms. The summed E-state index contributed by atoms with van der Waals surface area (Å²) in [6.45, 7) is 4.14. The van der Waals surface area contributed by atoms with Crippen LogP contribution in [-0.4, -0.2) is 27.8 Å². The molecule has 1 amide bonds. The number of carbonyl (C=O) groups excluding carboxylic acids is 1. The van der Waals surface area contributed by atoms with Crippen molar-refractivity contribution < 1.29 is 9.53 Å². The topological polar surface area (TPSA) is 69.0 Å². The molecular formula is C23H22N4O2S. The molecule has 1 aliphatic rings. The highest BCUT2D eigenvalue weighted by Gasteiger charge is 2.33. The summed E-state index contributed by atoms with van der Waals surface area (Å²) < 4.78 is 8.11. The van der Waals surface area contributed by atoms with Crippen LogP contribution in [0.3, 0.4) is 0 Å². The van der Waals surface area contributed by atoms with E-state index in [1.165, 1.54) is 16.9 Å². The molecule has 5 rings (SSSR count). The lowest BCUT2D eigenvalue weighted by Crippen LogP contribution is -2.24. The monoisotopic (exact) mass is 418 g/mol. The third-order valence-corrected chi connectivity index (χ3v) is 6.65. The molecule has 4 aromatic rings. The Balaban J connectivity index is 1.62. The minimum Gasteiger partial charge on any atom is -0.497 e. The second kappa shape index (κ2) is 7.25. The third-order valence-electron chi connectivity index (χ3n) is 5.66. The van der Waals surface area contributed by atoms with Gasteiger partial charge < -0.3 is 10.1 Å². The Morgan fingerprint density at radius 3 is 2.77 bits per heavy atom. The lowest BCUT2D eigenvalue weighted by molar-refractivity contribution is -0.116. The predicted molar refractivity (Wildman–Crippen MR) is 119 cm³/mol. The summed E-state index contributed by atoms with van der Waals surface area (Å²) in [5.74, 6) is 1.50. The molecule has 152 valence electrons. The van der Waals surface area contributed by atoms with Crippen molar-refractivity contribution in [2.24, 2.45) is 0 Å². The Morgan fingerprint density at radius 2 is 2.03 bits per heavy atom. The molecule has 6 nitrogen and oxygen atoms in total. The van der Waals surface area contributed by atoms with Crippen LogP contribution in [0.1, 0.15) is 41.6 Å². The summed E-state index contributed by atoms with van der Waals surface area (Å²) >= 11 is 1.53. The predicted octanol–water partition coefficient (Wildman–Crippen LogP) is 4.84. The van der Waals surface area contributed by atoms with Crippen LogP contribution in [0.5, 0.6) is 5.75 Å². The molecule has 2 aromatic heterocycles. The van der Waals surface area contributed by atoms with Crippen molar-refractivity contribution in [1.82, 2.24) is 14.8 Å². The molecular weight excluding hydrogens is 396 g/mol. The Bertz CT molecular complexity index is 1260. The number of nitrogens with zero attached hydrogens (tertiary/aromatic N) is 3. The number of methoxy groups -OCH3 is 1. The summed E-state index contributed by atoms with van der Waals surface area (Å²) in [6, 6.07) is 14.3. The number of amides is 1. The lowest BCUT2D eigenvalue weighted by atomic mass is 9.85. The highest BCUT2D eigenvalue weighted by molar-refractivity contribution is 7.20. The Kier molecular flexibility index (Phi) is 4.55. The minimum absolute atomic E-state index is 0.00371. The zero-order valence-electron chi connectivity index (χ0n) is 17.1. The fourth-order valence-electron chi connectivity index (χ4n) is 4.07. The van der Waals surface area contributed by atoms with E-state index in [4.69, 9.17) is 14.8 Å². The van der Waals surface area contributed by atoms with Gasteiger partial charge in [-0.05, 0) is 42.7 Å². The largest absolute Gasteiger partial charge is 0.497 e. The quantitative estimate of drug-likeness (QED) is 0.515. The molecule has 2 aromatic carbocycles. The number of hydrogen-bond acceptors (Lipinski definition) is 5. The van der Waals surface area contributed by atoms with Gasteiger partial charge in [-0.3, -0.25) is 4.79 Å². The summed E-state index contributed by atoms with van der Waals surface area (Å²) in [7, 11) is 1.65. The van der Waals surface area contributed by atoms with Crippen molar-refractivity contribution in [2.45, 2.75) is 32.6 Å². The first-order chi connectivity index (χ1) is 14.6. The fourth-order valence-corrected chi connectivity index (χ4v) is 5.02. The Labute approximate surface area is 178 Å². The number of thiazole rings is 1. The minimum atomic E-state index is -0.0112. The number of carbonyl (C=O) groups is 1. The molecule has 0 spiro atoms. The van der Waals surface area contributed by atoms with Crippen LogP contribution in [0.2, 0.25) is 0 Å². The second-order valence-electron chi connectivity index (χ2n) is 7.49. The summed E-state index contributed by atoms with van der Waals surface area (Å²) in [6.07, 6.45) is 1.41. The van der Waals surface area contributed by atoms with E-state index in [-0.39, 0.29) is 11.8 Å². The molecule has 1 atom stereocenters. The van der Waals surface area contributed by atoms with E-state index < -0.39 is 0 Å². The number of aryl methyl sites for hydroxylation is 2. The van der Waals surface area contributed by atoms with Crippen LogP contribution in [-0.2, 0) is 11.2 Å². The van der Waals surface area contributed by atoms with E-state index in [1.807, 2.05) is 25.1 Å².